The molecule has 0 saturated heterocycles. The molecule has 0 unspecified atom stereocenters. The zero-order valence-corrected chi connectivity index (χ0v) is 19.1. The third-order valence-electron chi connectivity index (χ3n) is 6.13. The number of aromatic nitrogens is 2. The van der Waals surface area contributed by atoms with Crippen LogP contribution in [0.4, 0.5) is 0 Å². The van der Waals surface area contributed by atoms with Gasteiger partial charge in [-0.3, -0.25) is 4.79 Å². The topological polar surface area (TPSA) is 56.2 Å². The van der Waals surface area contributed by atoms with Gasteiger partial charge in [0, 0.05) is 6.54 Å². The number of hydrogen-bond acceptors (Lipinski definition) is 3. The fraction of sp³-hybridized carbons (Fsp3) is 0.259. The third-order valence-corrected chi connectivity index (χ3v) is 6.13. The summed E-state index contributed by atoms with van der Waals surface area (Å²) >= 11 is 0. The summed E-state index contributed by atoms with van der Waals surface area (Å²) in [7, 11) is 0. The van der Waals surface area contributed by atoms with E-state index >= 15 is 0 Å². The lowest BCUT2D eigenvalue weighted by Crippen LogP contribution is -2.29. The van der Waals surface area contributed by atoms with E-state index in [0.717, 1.165) is 16.9 Å². The Balaban J connectivity index is 1.57. The standard InChI is InChI=1S/C27H29N3O2/c1-18-14-19(2)21(4)23(20(18)3)16-30-25-13-9-8-12-24(25)29-26(30)15-28-27(31)17-32-22-10-6-5-7-11-22/h5-14H,15-17H2,1-4H3,(H,28,31). The predicted molar refractivity (Wildman–Crippen MR) is 128 cm³/mol. The van der Waals surface area contributed by atoms with E-state index in [1.165, 1.54) is 27.8 Å². The number of imidazole rings is 1. The van der Waals surface area contributed by atoms with Crippen LogP contribution in [0.5, 0.6) is 5.75 Å². The smallest absolute Gasteiger partial charge is 0.258 e. The van der Waals surface area contributed by atoms with E-state index < -0.39 is 0 Å². The van der Waals surface area contributed by atoms with Crippen LogP contribution in [0, 0.1) is 27.7 Å². The Hall–Kier alpha value is -3.60. The van der Waals surface area contributed by atoms with Crippen LogP contribution in [0.25, 0.3) is 11.0 Å². The first kappa shape index (κ1) is 21.6. The number of amides is 1. The summed E-state index contributed by atoms with van der Waals surface area (Å²) in [5, 5.41) is 2.96. The molecule has 0 fully saturated rings. The normalized spacial score (nSPS) is 11.0. The van der Waals surface area contributed by atoms with Gasteiger partial charge in [0.25, 0.3) is 5.91 Å². The second-order valence-corrected chi connectivity index (χ2v) is 8.22. The van der Waals surface area contributed by atoms with Gasteiger partial charge in [-0.25, -0.2) is 4.98 Å². The van der Waals surface area contributed by atoms with Crippen LogP contribution in [0.1, 0.15) is 33.6 Å². The summed E-state index contributed by atoms with van der Waals surface area (Å²) in [5.74, 6) is 1.33. The van der Waals surface area contributed by atoms with Crippen molar-refractivity contribution in [2.75, 3.05) is 6.61 Å². The molecule has 1 amide bonds. The zero-order chi connectivity index (χ0) is 22.7. The molecule has 0 radical (unpaired) electrons. The van der Waals surface area contributed by atoms with Crippen molar-refractivity contribution in [2.45, 2.75) is 40.8 Å². The summed E-state index contributed by atoms with van der Waals surface area (Å²) in [6.45, 7) is 9.70. The van der Waals surface area contributed by atoms with Gasteiger partial charge in [-0.1, -0.05) is 36.4 Å². The van der Waals surface area contributed by atoms with E-state index in [-0.39, 0.29) is 12.5 Å². The van der Waals surface area contributed by atoms with E-state index in [4.69, 9.17) is 9.72 Å². The Labute approximate surface area is 189 Å². The van der Waals surface area contributed by atoms with Crippen molar-refractivity contribution >= 4 is 16.9 Å². The van der Waals surface area contributed by atoms with Crippen molar-refractivity contribution in [2.24, 2.45) is 0 Å². The molecular weight excluding hydrogens is 398 g/mol. The molecule has 164 valence electrons. The van der Waals surface area contributed by atoms with Crippen LogP contribution in [-0.2, 0) is 17.9 Å². The third kappa shape index (κ3) is 4.52. The molecule has 4 rings (SSSR count). The van der Waals surface area contributed by atoms with Gasteiger partial charge in [0.1, 0.15) is 11.6 Å². The molecule has 0 aliphatic heterocycles. The molecule has 4 aromatic rings. The zero-order valence-electron chi connectivity index (χ0n) is 19.1. The molecule has 1 N–H and O–H groups in total. The van der Waals surface area contributed by atoms with Crippen molar-refractivity contribution in [1.29, 1.82) is 0 Å². The molecule has 0 aliphatic rings. The molecule has 0 saturated carbocycles. The highest BCUT2D eigenvalue weighted by atomic mass is 16.5. The van der Waals surface area contributed by atoms with Crippen molar-refractivity contribution in [1.82, 2.24) is 14.9 Å². The van der Waals surface area contributed by atoms with Crippen molar-refractivity contribution in [3.63, 3.8) is 0 Å². The van der Waals surface area contributed by atoms with Gasteiger partial charge in [0.05, 0.1) is 17.6 Å². The van der Waals surface area contributed by atoms with Gasteiger partial charge in [-0.15, -0.1) is 0 Å². The van der Waals surface area contributed by atoms with E-state index in [0.29, 0.717) is 18.8 Å². The Morgan fingerprint density at radius 2 is 1.59 bits per heavy atom. The first-order valence-corrected chi connectivity index (χ1v) is 10.9. The molecule has 3 aromatic carbocycles. The summed E-state index contributed by atoms with van der Waals surface area (Å²) in [6, 6.07) is 19.7. The monoisotopic (exact) mass is 427 g/mol. The molecular formula is C27H29N3O2. The van der Waals surface area contributed by atoms with E-state index in [9.17, 15) is 4.79 Å². The maximum absolute atomic E-state index is 12.4. The molecule has 0 aliphatic carbocycles. The van der Waals surface area contributed by atoms with Gasteiger partial charge in [0.15, 0.2) is 6.61 Å². The molecule has 5 nitrogen and oxygen atoms in total. The minimum Gasteiger partial charge on any atom is -0.484 e. The minimum absolute atomic E-state index is 0.0282. The first-order chi connectivity index (χ1) is 15.4. The van der Waals surface area contributed by atoms with E-state index in [2.05, 4.69) is 49.7 Å². The van der Waals surface area contributed by atoms with Crippen LogP contribution in [0.2, 0.25) is 0 Å². The van der Waals surface area contributed by atoms with Gasteiger partial charge >= 0.3 is 0 Å². The number of fused-ring (bicyclic) bond motifs is 1. The van der Waals surface area contributed by atoms with Crippen molar-refractivity contribution in [3.05, 3.63) is 94.3 Å². The number of nitrogens with zero attached hydrogens (tertiary/aromatic N) is 2. The number of hydrogen-bond donors (Lipinski definition) is 1. The molecule has 0 bridgehead atoms. The summed E-state index contributed by atoms with van der Waals surface area (Å²) in [4.78, 5) is 17.2. The maximum Gasteiger partial charge on any atom is 0.258 e. The van der Waals surface area contributed by atoms with Gasteiger partial charge in [0.2, 0.25) is 0 Å². The van der Waals surface area contributed by atoms with Crippen LogP contribution in [0.3, 0.4) is 0 Å². The number of benzene rings is 3. The van der Waals surface area contributed by atoms with Crippen LogP contribution >= 0.6 is 0 Å². The van der Waals surface area contributed by atoms with Gasteiger partial charge in [-0.2, -0.15) is 0 Å². The molecule has 1 aromatic heterocycles. The number of carbonyl (C=O) groups is 1. The fourth-order valence-electron chi connectivity index (χ4n) is 4.02. The average molecular weight is 428 g/mol. The molecule has 5 heteroatoms. The Morgan fingerprint density at radius 1 is 0.938 bits per heavy atom. The Morgan fingerprint density at radius 3 is 2.31 bits per heavy atom. The predicted octanol–water partition coefficient (Wildman–Crippen LogP) is 5.01. The van der Waals surface area contributed by atoms with E-state index in [1.54, 1.807) is 0 Å². The van der Waals surface area contributed by atoms with Crippen molar-refractivity contribution < 1.29 is 9.53 Å². The second-order valence-electron chi connectivity index (χ2n) is 8.22. The number of para-hydroxylation sites is 3. The van der Waals surface area contributed by atoms with Crippen LogP contribution in [-0.4, -0.2) is 22.1 Å². The quantitative estimate of drug-likeness (QED) is 0.451. The summed E-state index contributed by atoms with van der Waals surface area (Å²) in [5.41, 5.74) is 8.49. The van der Waals surface area contributed by atoms with Crippen LogP contribution < -0.4 is 10.1 Å². The summed E-state index contributed by atoms with van der Waals surface area (Å²) in [6.07, 6.45) is 0. The number of nitrogens with one attached hydrogen (secondary N) is 1. The highest BCUT2D eigenvalue weighted by molar-refractivity contribution is 5.78. The van der Waals surface area contributed by atoms with Gasteiger partial charge in [-0.05, 0) is 79.8 Å². The lowest BCUT2D eigenvalue weighted by atomic mass is 9.94. The van der Waals surface area contributed by atoms with Crippen molar-refractivity contribution in [3.8, 4) is 5.75 Å². The average Bonchev–Trinajstić information content (AvgIpc) is 3.15. The largest absolute Gasteiger partial charge is 0.484 e. The number of ether oxygens (including phenoxy) is 1. The SMILES string of the molecule is Cc1cc(C)c(C)c(Cn2c(CNC(=O)COc3ccccc3)nc3ccccc32)c1C. The van der Waals surface area contributed by atoms with E-state index in [1.807, 2.05) is 48.5 Å². The van der Waals surface area contributed by atoms with Gasteiger partial charge < -0.3 is 14.6 Å². The molecule has 0 atom stereocenters. The minimum atomic E-state index is -0.175. The highest BCUT2D eigenvalue weighted by Gasteiger charge is 2.16. The van der Waals surface area contributed by atoms with Crippen LogP contribution in [0.15, 0.2) is 60.7 Å². The highest BCUT2D eigenvalue weighted by Crippen LogP contribution is 2.25. The summed E-state index contributed by atoms with van der Waals surface area (Å²) < 4.78 is 7.77. The molecule has 1 heterocycles. The maximum atomic E-state index is 12.4. The lowest BCUT2D eigenvalue weighted by molar-refractivity contribution is -0.123. The number of aryl methyl sites for hydroxylation is 2. The Kier molecular flexibility index (Phi) is 6.26. The first-order valence-electron chi connectivity index (χ1n) is 10.9. The Bertz CT molecular complexity index is 1230. The molecule has 0 spiro atoms. The second kappa shape index (κ2) is 9.27. The molecule has 32 heavy (non-hydrogen) atoms. The fourth-order valence-corrected chi connectivity index (χ4v) is 4.02. The number of carbonyl (C=O) groups excluding carboxylic acids is 1. The number of rotatable bonds is 7. The lowest BCUT2D eigenvalue weighted by Gasteiger charge is -2.18.